The Morgan fingerprint density at radius 2 is 1.95 bits per heavy atom. The summed E-state index contributed by atoms with van der Waals surface area (Å²) in [6, 6.07) is 13.6. The molecule has 2 N–H and O–H groups in total. The Bertz CT molecular complexity index is 1840. The molecule has 1 fully saturated rings. The van der Waals surface area contributed by atoms with E-state index < -0.39 is 6.17 Å². The van der Waals surface area contributed by atoms with Gasteiger partial charge >= 0.3 is 0 Å². The Morgan fingerprint density at radius 1 is 1.08 bits per heavy atom. The van der Waals surface area contributed by atoms with E-state index in [4.69, 9.17) is 15.5 Å². The molecule has 7 rings (SSSR count). The number of hydrogen-bond donors (Lipinski definition) is 1. The molecule has 0 radical (unpaired) electrons. The van der Waals surface area contributed by atoms with Crippen LogP contribution in [0.3, 0.4) is 0 Å². The highest BCUT2D eigenvalue weighted by molar-refractivity contribution is 6.00. The van der Waals surface area contributed by atoms with E-state index in [-0.39, 0.29) is 0 Å². The molecular weight excluding hydrogens is 497 g/mol. The molecular formula is C28H24FN9O. The fourth-order valence-electron chi connectivity index (χ4n) is 4.85. The third kappa shape index (κ3) is 4.17. The zero-order valence-electron chi connectivity index (χ0n) is 21.1. The molecule has 0 amide bonds. The van der Waals surface area contributed by atoms with Gasteiger partial charge < -0.3 is 15.4 Å². The number of ether oxygens (including phenoxy) is 1. The standard InChI is InChI=1S/C28H24FN9O/c1-36-7-6-23(35-36)22-14-38(28-26(22)27(30)32-16-33-28)20-8-17(10-31-11-20)15-39-21-4-2-18-3-5-25(34-24(18)9-21)37-12-19(29)13-37/h2-11,14,16,19H,12-13,15H2,1H3,(H2,30,32,33). The van der Waals surface area contributed by atoms with Crippen LogP contribution in [0.15, 0.2) is 73.6 Å². The fraction of sp³-hybridized carbons (Fsp3) is 0.179. The molecule has 0 bridgehead atoms. The van der Waals surface area contributed by atoms with E-state index in [0.29, 0.717) is 36.9 Å². The molecule has 1 aliphatic rings. The Labute approximate surface area is 222 Å². The minimum atomic E-state index is -0.780. The van der Waals surface area contributed by atoms with Gasteiger partial charge in [-0.1, -0.05) is 0 Å². The van der Waals surface area contributed by atoms with Crippen LogP contribution in [0, 0.1) is 0 Å². The third-order valence-corrected chi connectivity index (χ3v) is 6.88. The van der Waals surface area contributed by atoms with Crippen molar-refractivity contribution in [2.24, 2.45) is 7.05 Å². The van der Waals surface area contributed by atoms with E-state index in [9.17, 15) is 4.39 Å². The normalized spacial score (nSPS) is 13.7. The molecule has 6 heterocycles. The minimum Gasteiger partial charge on any atom is -0.489 e. The molecule has 1 saturated heterocycles. The van der Waals surface area contributed by atoms with E-state index in [1.807, 2.05) is 71.4 Å². The predicted octanol–water partition coefficient (Wildman–Crippen LogP) is 4.08. The maximum Gasteiger partial charge on any atom is 0.150 e. The fourth-order valence-corrected chi connectivity index (χ4v) is 4.85. The average molecular weight is 522 g/mol. The van der Waals surface area contributed by atoms with Gasteiger partial charge in [0.25, 0.3) is 0 Å². The first-order chi connectivity index (χ1) is 19.0. The number of anilines is 2. The summed E-state index contributed by atoms with van der Waals surface area (Å²) in [5, 5.41) is 6.27. The number of benzene rings is 1. The summed E-state index contributed by atoms with van der Waals surface area (Å²) < 4.78 is 23.1. The Balaban J connectivity index is 1.17. The van der Waals surface area contributed by atoms with Gasteiger partial charge in [0.2, 0.25) is 0 Å². The van der Waals surface area contributed by atoms with Crippen molar-refractivity contribution in [3.8, 4) is 22.7 Å². The minimum absolute atomic E-state index is 0.311. The predicted molar refractivity (Wildman–Crippen MR) is 146 cm³/mol. The summed E-state index contributed by atoms with van der Waals surface area (Å²) >= 11 is 0. The Hall–Kier alpha value is -5.06. The summed E-state index contributed by atoms with van der Waals surface area (Å²) in [6.07, 6.45) is 8.04. The second-order valence-electron chi connectivity index (χ2n) is 9.61. The van der Waals surface area contributed by atoms with Crippen molar-refractivity contribution in [1.29, 1.82) is 0 Å². The van der Waals surface area contributed by atoms with E-state index >= 15 is 0 Å². The lowest BCUT2D eigenvalue weighted by atomic mass is 10.1. The first-order valence-electron chi connectivity index (χ1n) is 12.5. The lowest BCUT2D eigenvalue weighted by Crippen LogP contribution is -2.48. The number of fused-ring (bicyclic) bond motifs is 2. The third-order valence-electron chi connectivity index (χ3n) is 6.88. The molecule has 10 nitrogen and oxygen atoms in total. The SMILES string of the molecule is Cn1ccc(-c2cn(-c3cncc(COc4ccc5ccc(N6CC(F)C6)nc5c4)c3)c3ncnc(N)c23)n1. The number of nitrogens with two attached hydrogens (primary N) is 1. The van der Waals surface area contributed by atoms with Crippen LogP contribution in [0.1, 0.15) is 5.56 Å². The molecule has 1 aliphatic heterocycles. The van der Waals surface area contributed by atoms with Gasteiger partial charge in [0.15, 0.2) is 5.65 Å². The topological polar surface area (TPSA) is 113 Å². The molecule has 1 aromatic carbocycles. The van der Waals surface area contributed by atoms with Crippen molar-refractivity contribution in [2.75, 3.05) is 23.7 Å². The molecule has 0 atom stereocenters. The second-order valence-corrected chi connectivity index (χ2v) is 9.61. The molecule has 0 aliphatic carbocycles. The van der Waals surface area contributed by atoms with E-state index in [0.717, 1.165) is 44.6 Å². The van der Waals surface area contributed by atoms with Crippen molar-refractivity contribution in [2.45, 2.75) is 12.8 Å². The van der Waals surface area contributed by atoms with Crippen molar-refractivity contribution in [3.05, 3.63) is 79.1 Å². The van der Waals surface area contributed by atoms with E-state index in [1.54, 1.807) is 17.1 Å². The number of alkyl halides is 1. The van der Waals surface area contributed by atoms with Crippen LogP contribution >= 0.6 is 0 Å². The first kappa shape index (κ1) is 23.1. The summed E-state index contributed by atoms with van der Waals surface area (Å²) in [7, 11) is 1.87. The van der Waals surface area contributed by atoms with Gasteiger partial charge in [0, 0.05) is 48.2 Å². The van der Waals surface area contributed by atoms with Gasteiger partial charge in [-0.2, -0.15) is 5.10 Å². The number of hydrogen-bond acceptors (Lipinski definition) is 8. The summed E-state index contributed by atoms with van der Waals surface area (Å²) in [6.45, 7) is 1.08. The molecule has 0 spiro atoms. The lowest BCUT2D eigenvalue weighted by molar-refractivity contribution is 0.273. The molecule has 11 heteroatoms. The summed E-state index contributed by atoms with van der Waals surface area (Å²) in [5.41, 5.74) is 11.0. The van der Waals surface area contributed by atoms with Crippen LogP contribution in [-0.2, 0) is 13.7 Å². The van der Waals surface area contributed by atoms with Crippen LogP contribution in [0.4, 0.5) is 16.0 Å². The number of aromatic nitrogens is 7. The number of nitrogens with zero attached hydrogens (tertiary/aromatic N) is 8. The van der Waals surface area contributed by atoms with Gasteiger partial charge in [-0.05, 0) is 36.4 Å². The molecule has 6 aromatic rings. The smallest absolute Gasteiger partial charge is 0.150 e. The maximum absolute atomic E-state index is 13.3. The zero-order chi connectivity index (χ0) is 26.5. The van der Waals surface area contributed by atoms with Crippen LogP contribution < -0.4 is 15.4 Å². The summed E-state index contributed by atoms with van der Waals surface area (Å²) in [5.74, 6) is 1.85. The van der Waals surface area contributed by atoms with Crippen LogP contribution in [0.2, 0.25) is 0 Å². The van der Waals surface area contributed by atoms with Crippen LogP contribution in [-0.4, -0.2) is 53.5 Å². The average Bonchev–Trinajstić information content (AvgIpc) is 3.54. The van der Waals surface area contributed by atoms with Gasteiger partial charge in [0.1, 0.15) is 36.5 Å². The van der Waals surface area contributed by atoms with Crippen LogP contribution in [0.25, 0.3) is 38.9 Å². The van der Waals surface area contributed by atoms with Gasteiger partial charge in [-0.15, -0.1) is 0 Å². The van der Waals surface area contributed by atoms with E-state index in [2.05, 4.69) is 20.1 Å². The Kier molecular flexibility index (Phi) is 5.36. The molecule has 0 saturated carbocycles. The largest absolute Gasteiger partial charge is 0.489 e. The van der Waals surface area contributed by atoms with Crippen molar-refractivity contribution in [1.82, 2.24) is 34.3 Å². The highest BCUT2D eigenvalue weighted by Crippen LogP contribution is 2.33. The number of aryl methyl sites for hydroxylation is 1. The number of nitrogen functional groups attached to an aromatic ring is 1. The Morgan fingerprint density at radius 3 is 2.77 bits per heavy atom. The maximum atomic E-state index is 13.3. The van der Waals surface area contributed by atoms with Crippen molar-refractivity contribution < 1.29 is 9.13 Å². The lowest BCUT2D eigenvalue weighted by Gasteiger charge is -2.35. The zero-order valence-corrected chi connectivity index (χ0v) is 21.1. The second kappa shape index (κ2) is 9.05. The quantitative estimate of drug-likeness (QED) is 0.349. The van der Waals surface area contributed by atoms with Gasteiger partial charge in [-0.3, -0.25) is 14.2 Å². The number of pyridine rings is 2. The van der Waals surface area contributed by atoms with Crippen molar-refractivity contribution in [3.63, 3.8) is 0 Å². The highest BCUT2D eigenvalue weighted by Gasteiger charge is 2.27. The molecule has 5 aromatic heterocycles. The van der Waals surface area contributed by atoms with Gasteiger partial charge in [0.05, 0.1) is 41.6 Å². The van der Waals surface area contributed by atoms with Crippen LogP contribution in [0.5, 0.6) is 5.75 Å². The number of rotatable bonds is 6. The molecule has 39 heavy (non-hydrogen) atoms. The summed E-state index contributed by atoms with van der Waals surface area (Å²) in [4.78, 5) is 19.8. The number of halogens is 1. The highest BCUT2D eigenvalue weighted by atomic mass is 19.1. The first-order valence-corrected chi connectivity index (χ1v) is 12.5. The van der Waals surface area contributed by atoms with Crippen molar-refractivity contribution >= 4 is 33.6 Å². The van der Waals surface area contributed by atoms with E-state index in [1.165, 1.54) is 6.33 Å². The monoisotopic (exact) mass is 521 g/mol. The van der Waals surface area contributed by atoms with Gasteiger partial charge in [-0.25, -0.2) is 19.3 Å². The molecule has 194 valence electrons. The molecule has 0 unspecified atom stereocenters.